The van der Waals surface area contributed by atoms with E-state index in [9.17, 15) is 8.42 Å². The standard InChI is InChI=1S/C12H24N4O3S/c1-4-19-11(2)8-15-20(17,18)12-9-14-16(10-12)7-5-6-13-3/h9-11,13,15H,4-8H2,1-3H3. The molecule has 20 heavy (non-hydrogen) atoms. The van der Waals surface area contributed by atoms with Crippen LogP contribution >= 0.6 is 0 Å². The van der Waals surface area contributed by atoms with Gasteiger partial charge in [-0.15, -0.1) is 0 Å². The SMILES string of the molecule is CCOC(C)CNS(=O)(=O)c1cnn(CCCNC)c1. The number of aromatic nitrogens is 2. The van der Waals surface area contributed by atoms with E-state index >= 15 is 0 Å². The lowest BCUT2D eigenvalue weighted by Gasteiger charge is -2.12. The van der Waals surface area contributed by atoms with Crippen molar-refractivity contribution in [3.63, 3.8) is 0 Å². The third kappa shape index (κ3) is 5.58. The number of aryl methyl sites for hydroxylation is 1. The first-order chi connectivity index (χ1) is 9.49. The van der Waals surface area contributed by atoms with E-state index in [1.54, 1.807) is 10.9 Å². The van der Waals surface area contributed by atoms with E-state index in [-0.39, 0.29) is 17.5 Å². The summed E-state index contributed by atoms with van der Waals surface area (Å²) in [7, 11) is -1.63. The highest BCUT2D eigenvalue weighted by Crippen LogP contribution is 2.07. The van der Waals surface area contributed by atoms with E-state index in [4.69, 9.17) is 4.74 Å². The molecule has 1 heterocycles. The van der Waals surface area contributed by atoms with Crippen LogP contribution in [0.3, 0.4) is 0 Å². The lowest BCUT2D eigenvalue weighted by molar-refractivity contribution is 0.0799. The zero-order valence-corrected chi connectivity index (χ0v) is 13.1. The second kappa shape index (κ2) is 8.35. The summed E-state index contributed by atoms with van der Waals surface area (Å²) in [6.45, 7) is 6.07. The van der Waals surface area contributed by atoms with Gasteiger partial charge in [0.25, 0.3) is 0 Å². The minimum atomic E-state index is -3.51. The van der Waals surface area contributed by atoms with Crippen molar-refractivity contribution >= 4 is 10.0 Å². The minimum Gasteiger partial charge on any atom is -0.377 e. The van der Waals surface area contributed by atoms with Crippen molar-refractivity contribution in [1.29, 1.82) is 0 Å². The Balaban J connectivity index is 2.54. The third-order valence-corrected chi connectivity index (χ3v) is 4.12. The Hall–Kier alpha value is -0.960. The monoisotopic (exact) mass is 304 g/mol. The third-order valence-electron chi connectivity index (χ3n) is 2.75. The van der Waals surface area contributed by atoms with Crippen LogP contribution in [0.5, 0.6) is 0 Å². The van der Waals surface area contributed by atoms with Crippen LogP contribution in [0.4, 0.5) is 0 Å². The van der Waals surface area contributed by atoms with Crippen LogP contribution in [-0.2, 0) is 21.3 Å². The summed E-state index contributed by atoms with van der Waals surface area (Å²) in [6.07, 6.45) is 3.66. The Kier molecular flexibility index (Phi) is 7.14. The van der Waals surface area contributed by atoms with Gasteiger partial charge in [0.1, 0.15) is 4.90 Å². The van der Waals surface area contributed by atoms with Gasteiger partial charge in [-0.25, -0.2) is 13.1 Å². The fourth-order valence-corrected chi connectivity index (χ4v) is 2.74. The molecular weight excluding hydrogens is 280 g/mol. The van der Waals surface area contributed by atoms with Crippen LogP contribution in [0.25, 0.3) is 0 Å². The number of nitrogens with one attached hydrogen (secondary N) is 2. The van der Waals surface area contributed by atoms with Crippen molar-refractivity contribution in [2.45, 2.75) is 37.8 Å². The molecule has 116 valence electrons. The van der Waals surface area contributed by atoms with E-state index in [0.29, 0.717) is 13.2 Å². The predicted octanol–water partition coefficient (Wildman–Crippen LogP) is 0.196. The molecule has 1 aromatic heterocycles. The Morgan fingerprint density at radius 3 is 2.90 bits per heavy atom. The summed E-state index contributed by atoms with van der Waals surface area (Å²) in [5.74, 6) is 0. The fourth-order valence-electron chi connectivity index (χ4n) is 1.68. The maximum Gasteiger partial charge on any atom is 0.243 e. The molecule has 0 saturated carbocycles. The lowest BCUT2D eigenvalue weighted by atomic mass is 10.4. The van der Waals surface area contributed by atoms with E-state index in [2.05, 4.69) is 15.1 Å². The molecule has 2 N–H and O–H groups in total. The largest absolute Gasteiger partial charge is 0.377 e. The van der Waals surface area contributed by atoms with Crippen molar-refractivity contribution in [2.75, 3.05) is 26.7 Å². The van der Waals surface area contributed by atoms with Crippen LogP contribution < -0.4 is 10.0 Å². The first kappa shape index (κ1) is 17.1. The molecule has 1 unspecified atom stereocenters. The fraction of sp³-hybridized carbons (Fsp3) is 0.750. The highest BCUT2D eigenvalue weighted by molar-refractivity contribution is 7.89. The normalized spacial score (nSPS) is 13.6. The molecule has 0 aliphatic heterocycles. The Morgan fingerprint density at radius 2 is 2.25 bits per heavy atom. The molecule has 1 aromatic rings. The number of sulfonamides is 1. The molecule has 8 heteroatoms. The second-order valence-electron chi connectivity index (χ2n) is 4.51. The molecule has 0 aromatic carbocycles. The highest BCUT2D eigenvalue weighted by atomic mass is 32.2. The van der Waals surface area contributed by atoms with Crippen molar-refractivity contribution in [1.82, 2.24) is 19.8 Å². The molecule has 0 radical (unpaired) electrons. The van der Waals surface area contributed by atoms with Crippen LogP contribution in [0, 0.1) is 0 Å². The minimum absolute atomic E-state index is 0.152. The number of rotatable bonds is 10. The first-order valence-electron chi connectivity index (χ1n) is 6.78. The summed E-state index contributed by atoms with van der Waals surface area (Å²) in [5, 5.41) is 7.09. The Morgan fingerprint density at radius 1 is 1.50 bits per heavy atom. The zero-order chi connectivity index (χ0) is 15.0. The molecule has 0 bridgehead atoms. The molecule has 7 nitrogen and oxygen atoms in total. The van der Waals surface area contributed by atoms with Gasteiger partial charge < -0.3 is 10.1 Å². The van der Waals surface area contributed by atoms with Gasteiger partial charge in [0, 0.05) is 25.9 Å². The van der Waals surface area contributed by atoms with Gasteiger partial charge in [-0.1, -0.05) is 0 Å². The first-order valence-corrected chi connectivity index (χ1v) is 8.26. The number of nitrogens with zero attached hydrogens (tertiary/aromatic N) is 2. The summed E-state index contributed by atoms with van der Waals surface area (Å²) in [4.78, 5) is 0.186. The van der Waals surface area contributed by atoms with Gasteiger partial charge >= 0.3 is 0 Å². The van der Waals surface area contributed by atoms with Gasteiger partial charge in [0.05, 0.1) is 12.3 Å². The van der Waals surface area contributed by atoms with Gasteiger partial charge in [-0.2, -0.15) is 5.10 Å². The van der Waals surface area contributed by atoms with Crippen molar-refractivity contribution < 1.29 is 13.2 Å². The molecule has 1 atom stereocenters. The number of hydrogen-bond acceptors (Lipinski definition) is 5. The van der Waals surface area contributed by atoms with Gasteiger partial charge in [-0.3, -0.25) is 4.68 Å². The van der Waals surface area contributed by atoms with Gasteiger partial charge in [-0.05, 0) is 33.9 Å². The summed E-state index contributed by atoms with van der Waals surface area (Å²) < 4.78 is 33.6. The summed E-state index contributed by atoms with van der Waals surface area (Å²) in [5.41, 5.74) is 0. The zero-order valence-electron chi connectivity index (χ0n) is 12.3. The van der Waals surface area contributed by atoms with Gasteiger partial charge in [0.15, 0.2) is 0 Å². The van der Waals surface area contributed by atoms with E-state index < -0.39 is 10.0 Å². The average molecular weight is 304 g/mol. The lowest BCUT2D eigenvalue weighted by Crippen LogP contribution is -2.32. The van der Waals surface area contributed by atoms with Gasteiger partial charge in [0.2, 0.25) is 10.0 Å². The number of hydrogen-bond donors (Lipinski definition) is 2. The van der Waals surface area contributed by atoms with E-state index in [0.717, 1.165) is 13.0 Å². The summed E-state index contributed by atoms with van der Waals surface area (Å²) in [6, 6.07) is 0. The maximum atomic E-state index is 12.1. The van der Waals surface area contributed by atoms with Crippen molar-refractivity contribution in [2.24, 2.45) is 0 Å². The highest BCUT2D eigenvalue weighted by Gasteiger charge is 2.17. The van der Waals surface area contributed by atoms with Crippen LogP contribution in [0.1, 0.15) is 20.3 Å². The molecule has 0 saturated heterocycles. The molecule has 0 fully saturated rings. The molecule has 0 aliphatic carbocycles. The van der Waals surface area contributed by atoms with Crippen LogP contribution in [-0.4, -0.2) is 51.0 Å². The molecule has 0 aliphatic rings. The van der Waals surface area contributed by atoms with E-state index in [1.165, 1.54) is 6.20 Å². The summed E-state index contributed by atoms with van der Waals surface area (Å²) >= 11 is 0. The topological polar surface area (TPSA) is 85.2 Å². The van der Waals surface area contributed by atoms with Crippen molar-refractivity contribution in [3.8, 4) is 0 Å². The maximum absolute atomic E-state index is 12.1. The van der Waals surface area contributed by atoms with E-state index in [1.807, 2.05) is 20.9 Å². The smallest absolute Gasteiger partial charge is 0.243 e. The van der Waals surface area contributed by atoms with Crippen LogP contribution in [0.15, 0.2) is 17.3 Å². The molecule has 1 rings (SSSR count). The molecule has 0 amide bonds. The Bertz CT molecular complexity index is 487. The average Bonchev–Trinajstić information content (AvgIpc) is 2.87. The quantitative estimate of drug-likeness (QED) is 0.603. The number of ether oxygens (including phenoxy) is 1. The van der Waals surface area contributed by atoms with Crippen molar-refractivity contribution in [3.05, 3.63) is 12.4 Å². The Labute approximate surface area is 120 Å². The molecule has 0 spiro atoms. The second-order valence-corrected chi connectivity index (χ2v) is 6.28. The van der Waals surface area contributed by atoms with Crippen LogP contribution in [0.2, 0.25) is 0 Å². The predicted molar refractivity (Wildman–Crippen MR) is 77.0 cm³/mol. The molecular formula is C12H24N4O3S.